The fourth-order valence-electron chi connectivity index (χ4n) is 4.72. The Morgan fingerprint density at radius 3 is 2.58 bits per heavy atom. The van der Waals surface area contributed by atoms with Crippen LogP contribution >= 0.6 is 11.8 Å². The molecule has 3 aliphatic rings. The van der Waals surface area contributed by atoms with Crippen molar-refractivity contribution in [3.8, 4) is 0 Å². The summed E-state index contributed by atoms with van der Waals surface area (Å²) in [5, 5.41) is 15.7. The number of β-lactam (4-membered cyclic amide) rings is 1. The maximum Gasteiger partial charge on any atom is 0.353 e. The molecule has 2 fully saturated rings. The summed E-state index contributed by atoms with van der Waals surface area (Å²) in [5.74, 6) is -3.48. The second-order valence-corrected chi connectivity index (χ2v) is 10.2. The number of esters is 1. The zero-order valence-electron chi connectivity index (χ0n) is 19.3. The van der Waals surface area contributed by atoms with Crippen LogP contribution in [0, 0.1) is 11.8 Å². The molecule has 0 aromatic carbocycles. The van der Waals surface area contributed by atoms with Gasteiger partial charge in [-0.25, -0.2) is 4.79 Å². The number of amides is 3. The number of aliphatic carboxylic acids is 1. The van der Waals surface area contributed by atoms with Crippen molar-refractivity contribution < 1.29 is 33.8 Å². The summed E-state index contributed by atoms with van der Waals surface area (Å²) in [7, 11) is 3.38. The number of hydrogen-bond donors (Lipinski definition) is 3. The summed E-state index contributed by atoms with van der Waals surface area (Å²) in [6.07, 6.45) is 0.565. The predicted molar refractivity (Wildman–Crippen MR) is 119 cm³/mol. The van der Waals surface area contributed by atoms with Gasteiger partial charge in [0.1, 0.15) is 5.70 Å². The van der Waals surface area contributed by atoms with Crippen LogP contribution in [-0.4, -0.2) is 95.2 Å². The minimum Gasteiger partial charge on any atom is -0.477 e. The van der Waals surface area contributed by atoms with Gasteiger partial charge in [0, 0.05) is 49.7 Å². The van der Waals surface area contributed by atoms with Gasteiger partial charge in [-0.3, -0.25) is 19.2 Å². The number of hydrogen-bond acceptors (Lipinski definition) is 8. The summed E-state index contributed by atoms with van der Waals surface area (Å²) in [6.45, 7) is 4.88. The molecule has 182 valence electrons. The molecule has 11 nitrogen and oxygen atoms in total. The van der Waals surface area contributed by atoms with Crippen molar-refractivity contribution in [3.05, 3.63) is 10.6 Å². The van der Waals surface area contributed by atoms with E-state index in [4.69, 9.17) is 0 Å². The highest BCUT2D eigenvalue weighted by Crippen LogP contribution is 2.51. The molecule has 3 amide bonds. The highest BCUT2D eigenvalue weighted by atomic mass is 32.2. The van der Waals surface area contributed by atoms with Gasteiger partial charge in [0.15, 0.2) is 6.61 Å². The molecule has 3 rings (SSSR count). The first-order chi connectivity index (χ1) is 15.4. The predicted octanol–water partition coefficient (Wildman–Crippen LogP) is -0.621. The second-order valence-electron chi connectivity index (χ2n) is 8.84. The van der Waals surface area contributed by atoms with E-state index in [0.29, 0.717) is 17.9 Å². The number of ether oxygens (including phenoxy) is 1. The van der Waals surface area contributed by atoms with Gasteiger partial charge in [-0.15, -0.1) is 11.8 Å². The maximum absolute atomic E-state index is 12.9. The lowest BCUT2D eigenvalue weighted by molar-refractivity contribution is -0.159. The van der Waals surface area contributed by atoms with E-state index in [1.54, 1.807) is 21.0 Å². The first-order valence-electron chi connectivity index (χ1n) is 10.8. The standard InChI is InChI=1S/C21H30N4O7S/c1-9-16-15(10(2)23-14(27)8-32-11(3)26)20(29)25(16)17(21(30)31)18(9)33-12-6-13(22-7-12)19(28)24(4)5/h9-10,12-13,15-16,22H,6-8H2,1-5H3,(H,23,27)(H,30,31)/t9-,10-,12+,13+,15-,16-/m1/s1. The fourth-order valence-corrected chi connectivity index (χ4v) is 6.20. The molecule has 12 heteroatoms. The number of likely N-dealkylation sites (N-methyl/N-ethyl adjacent to an activating group) is 1. The van der Waals surface area contributed by atoms with Crippen LogP contribution in [0.4, 0.5) is 0 Å². The molecule has 0 unspecified atom stereocenters. The topological polar surface area (TPSA) is 145 Å². The first kappa shape index (κ1) is 25.0. The molecule has 0 aromatic heterocycles. The summed E-state index contributed by atoms with van der Waals surface area (Å²) in [6, 6.07) is -1.26. The number of thioether (sulfide) groups is 1. The van der Waals surface area contributed by atoms with E-state index in [0.717, 1.165) is 0 Å². The van der Waals surface area contributed by atoms with E-state index in [1.807, 2.05) is 6.92 Å². The summed E-state index contributed by atoms with van der Waals surface area (Å²) >= 11 is 1.41. The fraction of sp³-hybridized carbons (Fsp3) is 0.667. The number of fused-ring (bicyclic) bond motifs is 1. The molecule has 2 saturated heterocycles. The van der Waals surface area contributed by atoms with Gasteiger partial charge in [0.2, 0.25) is 11.8 Å². The van der Waals surface area contributed by atoms with Crippen LogP contribution in [0.25, 0.3) is 0 Å². The zero-order chi connectivity index (χ0) is 24.6. The molecule has 0 aromatic rings. The van der Waals surface area contributed by atoms with E-state index < -0.39 is 36.4 Å². The average Bonchev–Trinajstić information content (AvgIpc) is 3.28. The van der Waals surface area contributed by atoms with Crippen LogP contribution < -0.4 is 10.6 Å². The van der Waals surface area contributed by atoms with Crippen molar-refractivity contribution >= 4 is 41.4 Å². The molecule has 6 atom stereocenters. The van der Waals surface area contributed by atoms with E-state index in [2.05, 4.69) is 15.4 Å². The number of rotatable bonds is 8. The second kappa shape index (κ2) is 9.72. The Bertz CT molecular complexity index is 905. The lowest BCUT2D eigenvalue weighted by atomic mass is 9.78. The van der Waals surface area contributed by atoms with E-state index in [1.165, 1.54) is 28.5 Å². The van der Waals surface area contributed by atoms with Crippen LogP contribution in [0.5, 0.6) is 0 Å². The summed E-state index contributed by atoms with van der Waals surface area (Å²) in [5.41, 5.74) is -0.0143. The molecule has 0 radical (unpaired) electrons. The van der Waals surface area contributed by atoms with E-state index in [-0.39, 0.29) is 40.8 Å². The third-order valence-corrected chi connectivity index (χ3v) is 7.76. The van der Waals surface area contributed by atoms with Crippen LogP contribution in [0.1, 0.15) is 27.2 Å². The molecule has 3 N–H and O–H groups in total. The molecule has 0 bridgehead atoms. The van der Waals surface area contributed by atoms with Gasteiger partial charge in [-0.1, -0.05) is 6.92 Å². The number of nitrogens with zero attached hydrogens (tertiary/aromatic N) is 2. The first-order valence-corrected chi connectivity index (χ1v) is 11.7. The number of nitrogens with one attached hydrogen (secondary N) is 2. The molecule has 0 spiro atoms. The minimum atomic E-state index is -1.17. The van der Waals surface area contributed by atoms with Crippen LogP contribution in [0.3, 0.4) is 0 Å². The van der Waals surface area contributed by atoms with Gasteiger partial charge in [-0.2, -0.15) is 0 Å². The molecular weight excluding hydrogens is 452 g/mol. The highest BCUT2D eigenvalue weighted by Gasteiger charge is 2.60. The summed E-state index contributed by atoms with van der Waals surface area (Å²) < 4.78 is 4.68. The van der Waals surface area contributed by atoms with Crippen molar-refractivity contribution in [3.63, 3.8) is 0 Å². The smallest absolute Gasteiger partial charge is 0.353 e. The molecule has 3 heterocycles. The Morgan fingerprint density at radius 1 is 1.33 bits per heavy atom. The van der Waals surface area contributed by atoms with Gasteiger partial charge in [0.05, 0.1) is 18.0 Å². The Balaban J connectivity index is 1.70. The largest absolute Gasteiger partial charge is 0.477 e. The maximum atomic E-state index is 12.9. The Labute approximate surface area is 196 Å². The molecular formula is C21H30N4O7S. The Kier molecular flexibility index (Phi) is 7.37. The van der Waals surface area contributed by atoms with Crippen LogP contribution in [-0.2, 0) is 28.7 Å². The Hall–Kier alpha value is -2.60. The monoisotopic (exact) mass is 482 g/mol. The molecule has 33 heavy (non-hydrogen) atoms. The van der Waals surface area contributed by atoms with Crippen LogP contribution in [0.15, 0.2) is 10.6 Å². The number of carboxylic acids is 1. The average molecular weight is 483 g/mol. The lowest BCUT2D eigenvalue weighted by Crippen LogP contribution is -2.66. The van der Waals surface area contributed by atoms with Gasteiger partial charge in [-0.05, 0) is 13.3 Å². The number of carbonyl (C=O) groups is 5. The Morgan fingerprint density at radius 2 is 2.00 bits per heavy atom. The van der Waals surface area contributed by atoms with Crippen molar-refractivity contribution in [2.45, 2.75) is 50.6 Å². The molecule has 3 aliphatic heterocycles. The number of carbonyl (C=O) groups excluding carboxylic acids is 4. The quantitative estimate of drug-likeness (QED) is 0.304. The SMILES string of the molecule is CC(=O)OCC(=O)N[C@H](C)[C@H]1C(=O)N2C(C(=O)O)=C(S[C@@H]3CN[C@H](C(=O)N(C)C)C3)[C@H](C)[C@H]12. The highest BCUT2D eigenvalue weighted by molar-refractivity contribution is 8.03. The van der Waals surface area contributed by atoms with Crippen molar-refractivity contribution in [1.29, 1.82) is 0 Å². The lowest BCUT2D eigenvalue weighted by Gasteiger charge is -2.47. The van der Waals surface area contributed by atoms with Crippen molar-refractivity contribution in [2.75, 3.05) is 27.2 Å². The zero-order valence-corrected chi connectivity index (χ0v) is 20.1. The van der Waals surface area contributed by atoms with Gasteiger partial charge >= 0.3 is 11.9 Å². The van der Waals surface area contributed by atoms with Gasteiger partial charge in [0.25, 0.3) is 5.91 Å². The van der Waals surface area contributed by atoms with Crippen LogP contribution in [0.2, 0.25) is 0 Å². The molecule has 0 aliphatic carbocycles. The third-order valence-electron chi connectivity index (χ3n) is 6.25. The van der Waals surface area contributed by atoms with E-state index in [9.17, 15) is 29.1 Å². The number of carboxylic acid groups (broad SMARTS) is 1. The normalized spacial score (nSPS) is 29.3. The minimum absolute atomic E-state index is 0.00110. The molecule has 0 saturated carbocycles. The van der Waals surface area contributed by atoms with E-state index >= 15 is 0 Å². The van der Waals surface area contributed by atoms with Crippen molar-refractivity contribution in [1.82, 2.24) is 20.4 Å². The summed E-state index contributed by atoms with van der Waals surface area (Å²) in [4.78, 5) is 63.6. The van der Waals surface area contributed by atoms with Gasteiger partial charge < -0.3 is 30.3 Å². The van der Waals surface area contributed by atoms with Crippen molar-refractivity contribution in [2.24, 2.45) is 11.8 Å². The third kappa shape index (κ3) is 4.86.